The van der Waals surface area contributed by atoms with Gasteiger partial charge in [-0.2, -0.15) is 0 Å². The molecule has 19 heavy (non-hydrogen) atoms. The second-order valence-electron chi connectivity index (χ2n) is 5.14. The number of rotatable bonds is 2. The quantitative estimate of drug-likeness (QED) is 0.749. The molecular formula is C11H18N2O5S. The summed E-state index contributed by atoms with van der Waals surface area (Å²) in [7, 11) is -3.02. The highest BCUT2D eigenvalue weighted by molar-refractivity contribution is 7.91. The molecule has 0 radical (unpaired) electrons. The van der Waals surface area contributed by atoms with E-state index in [9.17, 15) is 18.0 Å². The zero-order valence-electron chi connectivity index (χ0n) is 10.6. The van der Waals surface area contributed by atoms with Crippen molar-refractivity contribution < 1.29 is 23.1 Å². The topological polar surface area (TPSA) is 95.0 Å². The first kappa shape index (κ1) is 14.1. The molecule has 7 nitrogen and oxygen atoms in total. The number of sulfone groups is 1. The van der Waals surface area contributed by atoms with Gasteiger partial charge in [0, 0.05) is 32.1 Å². The van der Waals surface area contributed by atoms with E-state index in [-0.39, 0.29) is 36.4 Å². The van der Waals surface area contributed by atoms with E-state index in [2.05, 4.69) is 0 Å². The van der Waals surface area contributed by atoms with Gasteiger partial charge in [0.1, 0.15) is 0 Å². The number of aliphatic carboxylic acids is 1. The van der Waals surface area contributed by atoms with E-state index >= 15 is 0 Å². The van der Waals surface area contributed by atoms with Crippen molar-refractivity contribution in [3.63, 3.8) is 0 Å². The summed E-state index contributed by atoms with van der Waals surface area (Å²) in [6.45, 7) is 1.60. The lowest BCUT2D eigenvalue weighted by molar-refractivity contribution is -0.139. The molecule has 0 aromatic carbocycles. The summed E-state index contributed by atoms with van der Waals surface area (Å²) in [5.41, 5.74) is 0. The van der Waals surface area contributed by atoms with Crippen LogP contribution in [-0.2, 0) is 14.6 Å². The van der Waals surface area contributed by atoms with Gasteiger partial charge in [-0.1, -0.05) is 0 Å². The maximum Gasteiger partial charge on any atom is 0.320 e. The molecule has 2 saturated heterocycles. The summed E-state index contributed by atoms with van der Waals surface area (Å²) >= 11 is 0. The van der Waals surface area contributed by atoms with Crippen LogP contribution in [0.3, 0.4) is 0 Å². The molecule has 2 aliphatic heterocycles. The summed E-state index contributed by atoms with van der Waals surface area (Å²) < 4.78 is 22.9. The highest BCUT2D eigenvalue weighted by Crippen LogP contribution is 2.21. The van der Waals surface area contributed by atoms with E-state index in [0.717, 1.165) is 0 Å². The van der Waals surface area contributed by atoms with E-state index < -0.39 is 15.8 Å². The summed E-state index contributed by atoms with van der Waals surface area (Å²) in [6, 6.07) is -0.168. The molecule has 0 unspecified atom stereocenters. The fourth-order valence-corrected chi connectivity index (χ4v) is 3.70. The molecular weight excluding hydrogens is 272 g/mol. The van der Waals surface area contributed by atoms with Crippen LogP contribution in [0.15, 0.2) is 0 Å². The highest BCUT2D eigenvalue weighted by atomic mass is 32.2. The molecule has 0 aromatic heterocycles. The van der Waals surface area contributed by atoms with Gasteiger partial charge < -0.3 is 14.9 Å². The normalized spacial score (nSPS) is 23.6. The molecule has 0 aromatic rings. The molecule has 0 spiro atoms. The number of carbonyl (C=O) groups is 2. The first-order chi connectivity index (χ1) is 8.87. The van der Waals surface area contributed by atoms with Gasteiger partial charge in [0.2, 0.25) is 0 Å². The van der Waals surface area contributed by atoms with Crippen LogP contribution < -0.4 is 0 Å². The largest absolute Gasteiger partial charge is 0.481 e. The third-order valence-corrected chi connectivity index (χ3v) is 5.23. The number of nitrogens with zero attached hydrogens (tertiary/aromatic N) is 2. The van der Waals surface area contributed by atoms with Crippen LogP contribution in [0, 0.1) is 5.92 Å². The van der Waals surface area contributed by atoms with Crippen molar-refractivity contribution in [2.45, 2.75) is 12.8 Å². The summed E-state index contributed by atoms with van der Waals surface area (Å²) in [5, 5.41) is 8.64. The van der Waals surface area contributed by atoms with Gasteiger partial charge in [0.05, 0.1) is 17.9 Å². The highest BCUT2D eigenvalue weighted by Gasteiger charge is 2.35. The second kappa shape index (κ2) is 5.36. The summed E-state index contributed by atoms with van der Waals surface area (Å²) in [5.74, 6) is -0.668. The van der Waals surface area contributed by atoms with E-state index in [1.807, 2.05) is 0 Å². The number of hydrogen-bond donors (Lipinski definition) is 1. The average molecular weight is 290 g/mol. The Labute approximate surface area is 112 Å². The number of carboxylic acids is 1. The standard InChI is InChI=1S/C11H18N2O5S/c14-10(15)6-9-7-13(8-9)11(16)12-2-1-4-19(17,18)5-3-12/h9H,1-8H2,(H,14,15). The lowest BCUT2D eigenvalue weighted by atomic mass is 9.97. The fourth-order valence-electron chi connectivity index (χ4n) is 2.43. The van der Waals surface area contributed by atoms with Crippen LogP contribution in [0.4, 0.5) is 4.79 Å². The Morgan fingerprint density at radius 1 is 1.11 bits per heavy atom. The van der Waals surface area contributed by atoms with E-state index in [4.69, 9.17) is 5.11 Å². The van der Waals surface area contributed by atoms with Gasteiger partial charge in [-0.15, -0.1) is 0 Å². The minimum atomic E-state index is -3.02. The van der Waals surface area contributed by atoms with Crippen LogP contribution >= 0.6 is 0 Å². The van der Waals surface area contributed by atoms with Gasteiger partial charge >= 0.3 is 12.0 Å². The third kappa shape index (κ3) is 3.59. The number of carbonyl (C=O) groups excluding carboxylic acids is 1. The number of carboxylic acid groups (broad SMARTS) is 1. The fraction of sp³-hybridized carbons (Fsp3) is 0.818. The summed E-state index contributed by atoms with van der Waals surface area (Å²) in [6.07, 6.45) is 0.554. The first-order valence-electron chi connectivity index (χ1n) is 6.33. The average Bonchev–Trinajstić information content (AvgIpc) is 2.43. The van der Waals surface area contributed by atoms with Crippen LogP contribution in [0.1, 0.15) is 12.8 Å². The van der Waals surface area contributed by atoms with Crippen molar-refractivity contribution in [2.75, 3.05) is 37.7 Å². The summed E-state index contributed by atoms with van der Waals surface area (Å²) in [4.78, 5) is 25.7. The lowest BCUT2D eigenvalue weighted by Gasteiger charge is -2.41. The van der Waals surface area contributed by atoms with Crippen LogP contribution in [0.2, 0.25) is 0 Å². The van der Waals surface area contributed by atoms with E-state index in [1.165, 1.54) is 0 Å². The zero-order chi connectivity index (χ0) is 14.0. The number of urea groups is 1. The van der Waals surface area contributed by atoms with Crippen molar-refractivity contribution in [3.05, 3.63) is 0 Å². The van der Waals surface area contributed by atoms with Gasteiger partial charge in [-0.05, 0) is 6.42 Å². The third-order valence-electron chi connectivity index (χ3n) is 3.52. The minimum absolute atomic E-state index is 0.0190. The molecule has 0 atom stereocenters. The predicted molar refractivity (Wildman–Crippen MR) is 67.6 cm³/mol. The number of likely N-dealkylation sites (tertiary alicyclic amines) is 1. The minimum Gasteiger partial charge on any atom is -0.481 e. The molecule has 108 valence electrons. The SMILES string of the molecule is O=C(O)CC1CN(C(=O)N2CCCS(=O)(=O)CC2)C1. The van der Waals surface area contributed by atoms with Crippen LogP contribution in [0.5, 0.6) is 0 Å². The molecule has 2 heterocycles. The van der Waals surface area contributed by atoms with Gasteiger partial charge in [-0.3, -0.25) is 4.79 Å². The van der Waals surface area contributed by atoms with Crippen LogP contribution in [0.25, 0.3) is 0 Å². The molecule has 2 fully saturated rings. The molecule has 2 amide bonds. The Hall–Kier alpha value is -1.31. The van der Waals surface area contributed by atoms with E-state index in [1.54, 1.807) is 9.80 Å². The molecule has 0 saturated carbocycles. The Morgan fingerprint density at radius 2 is 1.79 bits per heavy atom. The van der Waals surface area contributed by atoms with Gasteiger partial charge in [-0.25, -0.2) is 13.2 Å². The first-order valence-corrected chi connectivity index (χ1v) is 8.15. The Bertz CT molecular complexity index is 469. The maximum atomic E-state index is 12.1. The molecule has 2 aliphatic rings. The van der Waals surface area contributed by atoms with E-state index in [0.29, 0.717) is 26.1 Å². The lowest BCUT2D eigenvalue weighted by Crippen LogP contribution is -2.55. The molecule has 2 rings (SSSR count). The molecule has 0 aliphatic carbocycles. The predicted octanol–water partition coefficient (Wildman–Crippen LogP) is -0.367. The van der Waals surface area contributed by atoms with Crippen molar-refractivity contribution in [1.82, 2.24) is 9.80 Å². The second-order valence-corrected chi connectivity index (χ2v) is 7.45. The van der Waals surface area contributed by atoms with Gasteiger partial charge in [0.15, 0.2) is 9.84 Å². The maximum absolute atomic E-state index is 12.1. The molecule has 1 N–H and O–H groups in total. The van der Waals surface area contributed by atoms with Crippen molar-refractivity contribution >= 4 is 21.8 Å². The number of amides is 2. The monoisotopic (exact) mass is 290 g/mol. The van der Waals surface area contributed by atoms with Crippen molar-refractivity contribution in [3.8, 4) is 0 Å². The molecule has 8 heteroatoms. The Kier molecular flexibility index (Phi) is 3.98. The smallest absolute Gasteiger partial charge is 0.320 e. The number of hydrogen-bond acceptors (Lipinski definition) is 4. The Morgan fingerprint density at radius 3 is 2.42 bits per heavy atom. The Balaban J connectivity index is 1.83. The van der Waals surface area contributed by atoms with Crippen LogP contribution in [-0.4, -0.2) is 73.0 Å². The zero-order valence-corrected chi connectivity index (χ0v) is 11.4. The van der Waals surface area contributed by atoms with Crippen molar-refractivity contribution in [2.24, 2.45) is 5.92 Å². The molecule has 0 bridgehead atoms. The van der Waals surface area contributed by atoms with Gasteiger partial charge in [0.25, 0.3) is 0 Å². The van der Waals surface area contributed by atoms with Crippen molar-refractivity contribution in [1.29, 1.82) is 0 Å².